The van der Waals surface area contributed by atoms with Crippen molar-refractivity contribution < 1.29 is 8.42 Å². The molecule has 0 saturated carbocycles. The van der Waals surface area contributed by atoms with Crippen molar-refractivity contribution in [3.05, 3.63) is 52.0 Å². The van der Waals surface area contributed by atoms with Crippen molar-refractivity contribution >= 4 is 33.2 Å². The number of hydrogen-bond donors (Lipinski definition) is 1. The predicted octanol–water partition coefficient (Wildman–Crippen LogP) is 3.13. The number of pyridine rings is 2. The van der Waals surface area contributed by atoms with E-state index in [1.807, 2.05) is 0 Å². The molecule has 0 aliphatic heterocycles. The van der Waals surface area contributed by atoms with Crippen LogP contribution < -0.4 is 4.72 Å². The highest BCUT2D eigenvalue weighted by molar-refractivity contribution is 7.89. The second kappa shape index (κ2) is 6.27. The average molecular weight is 346 g/mol. The maximum absolute atomic E-state index is 12.3. The third-order valence-corrected chi connectivity index (χ3v) is 4.97. The molecular weight excluding hydrogens is 333 g/mol. The molecule has 2 heterocycles. The number of nitrogens with zero attached hydrogens (tertiary/aromatic N) is 2. The molecule has 1 atom stereocenters. The van der Waals surface area contributed by atoms with E-state index in [9.17, 15) is 8.42 Å². The molecule has 2 rings (SSSR count). The van der Waals surface area contributed by atoms with Crippen LogP contribution in [0.1, 0.15) is 24.4 Å². The van der Waals surface area contributed by atoms with Gasteiger partial charge in [0.05, 0.1) is 16.8 Å². The van der Waals surface area contributed by atoms with Crippen LogP contribution in [0.15, 0.2) is 35.4 Å². The Morgan fingerprint density at radius 2 is 1.90 bits per heavy atom. The standard InChI is InChI=1S/C13H13Cl2N3O2S/c1-8-3-6-12(13(15)17-8)21(19,20)18-9(2)11-5-4-10(14)7-16-11/h3-7,9,18H,1-2H3/t9-/m0/s1. The highest BCUT2D eigenvalue weighted by Crippen LogP contribution is 2.22. The second-order valence-electron chi connectivity index (χ2n) is 4.49. The molecule has 2 aromatic rings. The SMILES string of the molecule is Cc1ccc(S(=O)(=O)N[C@@H](C)c2ccc(Cl)cn2)c(Cl)n1. The minimum absolute atomic E-state index is 0.0567. The van der Waals surface area contributed by atoms with Crippen LogP contribution in [-0.2, 0) is 10.0 Å². The summed E-state index contributed by atoms with van der Waals surface area (Å²) in [6.45, 7) is 3.42. The first-order valence-electron chi connectivity index (χ1n) is 6.06. The Labute approximate surface area is 133 Å². The summed E-state index contributed by atoms with van der Waals surface area (Å²) in [6, 6.07) is 5.80. The first-order chi connectivity index (χ1) is 9.79. The zero-order valence-electron chi connectivity index (χ0n) is 11.3. The van der Waals surface area contributed by atoms with Gasteiger partial charge in [-0.2, -0.15) is 0 Å². The van der Waals surface area contributed by atoms with E-state index >= 15 is 0 Å². The number of rotatable bonds is 4. The number of aryl methyl sites for hydroxylation is 1. The molecule has 0 aliphatic carbocycles. The maximum atomic E-state index is 12.3. The molecule has 0 unspecified atom stereocenters. The van der Waals surface area contributed by atoms with Crippen molar-refractivity contribution in [2.24, 2.45) is 0 Å². The molecule has 0 spiro atoms. The van der Waals surface area contributed by atoms with Crippen molar-refractivity contribution in [2.75, 3.05) is 0 Å². The lowest BCUT2D eigenvalue weighted by Crippen LogP contribution is -2.27. The van der Waals surface area contributed by atoms with E-state index < -0.39 is 16.1 Å². The molecule has 2 aromatic heterocycles. The third kappa shape index (κ3) is 3.91. The quantitative estimate of drug-likeness (QED) is 0.864. The van der Waals surface area contributed by atoms with Crippen molar-refractivity contribution in [3.8, 4) is 0 Å². The van der Waals surface area contributed by atoms with E-state index in [0.717, 1.165) is 0 Å². The first kappa shape index (κ1) is 16.2. The summed E-state index contributed by atoms with van der Waals surface area (Å²) in [4.78, 5) is 7.97. The fraction of sp³-hybridized carbons (Fsp3) is 0.231. The van der Waals surface area contributed by atoms with Gasteiger partial charge in [-0.05, 0) is 38.1 Å². The monoisotopic (exact) mass is 345 g/mol. The molecule has 5 nitrogen and oxygen atoms in total. The fourth-order valence-corrected chi connectivity index (χ4v) is 3.55. The van der Waals surface area contributed by atoms with Crippen LogP contribution in [0.2, 0.25) is 10.2 Å². The van der Waals surface area contributed by atoms with Gasteiger partial charge in [-0.1, -0.05) is 23.2 Å². The normalized spacial score (nSPS) is 13.1. The zero-order valence-corrected chi connectivity index (χ0v) is 13.7. The molecule has 8 heteroatoms. The molecule has 1 N–H and O–H groups in total. The van der Waals surface area contributed by atoms with Crippen molar-refractivity contribution in [1.82, 2.24) is 14.7 Å². The van der Waals surface area contributed by atoms with Gasteiger partial charge in [0.1, 0.15) is 10.0 Å². The Kier molecular flexibility index (Phi) is 4.83. The molecule has 0 amide bonds. The second-order valence-corrected chi connectivity index (χ2v) is 6.96. The van der Waals surface area contributed by atoms with Gasteiger partial charge in [0.2, 0.25) is 10.0 Å². The van der Waals surface area contributed by atoms with Gasteiger partial charge in [-0.15, -0.1) is 0 Å². The fourth-order valence-electron chi connectivity index (χ4n) is 1.71. The first-order valence-corrected chi connectivity index (χ1v) is 8.30. The van der Waals surface area contributed by atoms with Crippen LogP contribution in [0.4, 0.5) is 0 Å². The lowest BCUT2D eigenvalue weighted by Gasteiger charge is -2.14. The smallest absolute Gasteiger partial charge is 0.244 e. The molecule has 0 bridgehead atoms. The van der Waals surface area contributed by atoms with Crippen molar-refractivity contribution in [1.29, 1.82) is 0 Å². The third-order valence-electron chi connectivity index (χ3n) is 2.77. The molecule has 0 aromatic carbocycles. The van der Waals surface area contributed by atoms with Crippen molar-refractivity contribution in [2.45, 2.75) is 24.8 Å². The van der Waals surface area contributed by atoms with E-state index in [1.54, 1.807) is 32.0 Å². The van der Waals surface area contributed by atoms with E-state index in [1.165, 1.54) is 12.3 Å². The van der Waals surface area contributed by atoms with Crippen LogP contribution >= 0.6 is 23.2 Å². The number of hydrogen-bond acceptors (Lipinski definition) is 4. The van der Waals surface area contributed by atoms with Crippen LogP contribution in [-0.4, -0.2) is 18.4 Å². The topological polar surface area (TPSA) is 72.0 Å². The lowest BCUT2D eigenvalue weighted by molar-refractivity contribution is 0.563. The Morgan fingerprint density at radius 3 is 2.48 bits per heavy atom. The minimum atomic E-state index is -3.78. The molecule has 112 valence electrons. The number of sulfonamides is 1. The summed E-state index contributed by atoms with van der Waals surface area (Å²) in [7, 11) is -3.78. The van der Waals surface area contributed by atoms with Crippen LogP contribution in [0.25, 0.3) is 0 Å². The highest BCUT2D eigenvalue weighted by Gasteiger charge is 2.22. The van der Waals surface area contributed by atoms with Crippen LogP contribution in [0.3, 0.4) is 0 Å². The van der Waals surface area contributed by atoms with Crippen LogP contribution in [0, 0.1) is 6.92 Å². The molecule has 0 saturated heterocycles. The molecule has 0 radical (unpaired) electrons. The summed E-state index contributed by atoms with van der Waals surface area (Å²) in [5.74, 6) is 0. The number of nitrogens with one attached hydrogen (secondary N) is 1. The Balaban J connectivity index is 2.26. The molecule has 21 heavy (non-hydrogen) atoms. The van der Waals surface area contributed by atoms with E-state index in [0.29, 0.717) is 16.4 Å². The highest BCUT2D eigenvalue weighted by atomic mass is 35.5. The van der Waals surface area contributed by atoms with Gasteiger partial charge in [0.25, 0.3) is 0 Å². The minimum Gasteiger partial charge on any atom is -0.258 e. The average Bonchev–Trinajstić information content (AvgIpc) is 2.38. The van der Waals surface area contributed by atoms with Gasteiger partial charge >= 0.3 is 0 Å². The zero-order chi connectivity index (χ0) is 15.6. The molecule has 0 aliphatic rings. The van der Waals surface area contributed by atoms with Crippen molar-refractivity contribution in [3.63, 3.8) is 0 Å². The van der Waals surface area contributed by atoms with Gasteiger partial charge < -0.3 is 0 Å². The molecular formula is C13H13Cl2N3O2S. The Hall–Kier alpha value is -1.21. The lowest BCUT2D eigenvalue weighted by atomic mass is 10.2. The summed E-state index contributed by atoms with van der Waals surface area (Å²) >= 11 is 11.7. The Morgan fingerprint density at radius 1 is 1.19 bits per heavy atom. The summed E-state index contributed by atoms with van der Waals surface area (Å²) < 4.78 is 27.2. The summed E-state index contributed by atoms with van der Waals surface area (Å²) in [6.07, 6.45) is 1.46. The van der Waals surface area contributed by atoms with Crippen LogP contribution in [0.5, 0.6) is 0 Å². The van der Waals surface area contributed by atoms with Gasteiger partial charge in [-0.3, -0.25) is 4.98 Å². The van der Waals surface area contributed by atoms with E-state index in [2.05, 4.69) is 14.7 Å². The van der Waals surface area contributed by atoms with E-state index in [4.69, 9.17) is 23.2 Å². The summed E-state index contributed by atoms with van der Waals surface area (Å²) in [5.41, 5.74) is 1.20. The summed E-state index contributed by atoms with van der Waals surface area (Å²) in [5, 5.41) is 0.429. The maximum Gasteiger partial charge on any atom is 0.244 e. The Bertz CT molecular complexity index is 749. The van der Waals surface area contributed by atoms with Gasteiger partial charge in [0.15, 0.2) is 0 Å². The largest absolute Gasteiger partial charge is 0.258 e. The molecule has 0 fully saturated rings. The van der Waals surface area contributed by atoms with E-state index in [-0.39, 0.29) is 10.0 Å². The predicted molar refractivity (Wildman–Crippen MR) is 82.0 cm³/mol. The number of halogens is 2. The number of aromatic nitrogens is 2. The van der Waals surface area contributed by atoms with Gasteiger partial charge in [-0.25, -0.2) is 18.1 Å². The van der Waals surface area contributed by atoms with Gasteiger partial charge in [0, 0.05) is 11.9 Å².